The highest BCUT2D eigenvalue weighted by Crippen LogP contribution is 1.93. The number of fused-ring (bicyclic) bond motifs is 1. The number of benzene rings is 1. The van der Waals surface area contributed by atoms with Gasteiger partial charge in [-0.2, -0.15) is 0 Å². The first kappa shape index (κ1) is 6.08. The molecule has 0 amide bonds. The van der Waals surface area contributed by atoms with Crippen molar-refractivity contribution in [2.75, 3.05) is 0 Å². The van der Waals surface area contributed by atoms with E-state index >= 15 is 0 Å². The molecular formula is C9H5NO. The number of allylic oxidation sites excluding steroid dienone is 1. The normalized spacial score (nSPS) is 12.9. The average Bonchev–Trinajstić information content (AvgIpc) is 2.46. The van der Waals surface area contributed by atoms with E-state index < -0.39 is 0 Å². The molecule has 0 saturated carbocycles. The summed E-state index contributed by atoms with van der Waals surface area (Å²) in [6, 6.07) is 7.60. The van der Waals surface area contributed by atoms with Crippen LogP contribution in [0.25, 0.3) is 6.08 Å². The molecule has 0 radical (unpaired) electrons. The van der Waals surface area contributed by atoms with Crippen LogP contribution in [0, 0.1) is 0 Å². The zero-order valence-electron chi connectivity index (χ0n) is 5.74. The average molecular weight is 143 g/mol. The van der Waals surface area contributed by atoms with E-state index in [0.717, 1.165) is 10.6 Å². The van der Waals surface area contributed by atoms with Crippen molar-refractivity contribution < 1.29 is 4.79 Å². The first-order valence-electron chi connectivity index (χ1n) is 3.31. The summed E-state index contributed by atoms with van der Waals surface area (Å²) in [5.41, 5.74) is 0.381. The Morgan fingerprint density at radius 1 is 1.27 bits per heavy atom. The molecule has 0 atom stereocenters. The fourth-order valence-electron chi connectivity index (χ4n) is 1.07. The highest BCUT2D eigenvalue weighted by molar-refractivity contribution is 5.68. The zero-order chi connectivity index (χ0) is 7.68. The minimum absolute atomic E-state index is 0.381. The summed E-state index contributed by atoms with van der Waals surface area (Å²) < 4.78 is 0. The van der Waals surface area contributed by atoms with Crippen molar-refractivity contribution in [2.45, 2.75) is 0 Å². The van der Waals surface area contributed by atoms with Crippen LogP contribution in [0.1, 0.15) is 0 Å². The summed E-state index contributed by atoms with van der Waals surface area (Å²) >= 11 is 0. The minimum Gasteiger partial charge on any atom is -0.237 e. The number of carbonyl (C=O) groups excluding carboxylic acids is 1. The lowest BCUT2D eigenvalue weighted by Crippen LogP contribution is -2.19. The van der Waals surface area contributed by atoms with Crippen LogP contribution in [-0.4, -0.2) is 5.94 Å². The summed E-state index contributed by atoms with van der Waals surface area (Å²) in [6.45, 7) is 0. The van der Waals surface area contributed by atoms with Crippen LogP contribution in [-0.2, 0) is 4.79 Å². The first-order chi connectivity index (χ1) is 5.40. The molecule has 1 aliphatic rings. The second-order valence-electron chi connectivity index (χ2n) is 2.30. The summed E-state index contributed by atoms with van der Waals surface area (Å²) in [5, 5.41) is 1.84. The van der Waals surface area contributed by atoms with E-state index in [-0.39, 0.29) is 0 Å². The van der Waals surface area contributed by atoms with Gasteiger partial charge in [0.25, 0.3) is 0 Å². The van der Waals surface area contributed by atoms with Crippen LogP contribution in [0.15, 0.2) is 35.0 Å². The third kappa shape index (κ3) is 0.896. The van der Waals surface area contributed by atoms with E-state index in [4.69, 9.17) is 0 Å². The molecular weight excluding hydrogens is 138 g/mol. The Labute approximate surface area is 63.2 Å². The van der Waals surface area contributed by atoms with Gasteiger partial charge in [-0.25, -0.2) is 9.79 Å². The monoisotopic (exact) mass is 143 g/mol. The number of nitrogens with zero attached hydrogens (tertiary/aromatic N) is 1. The van der Waals surface area contributed by atoms with Gasteiger partial charge < -0.3 is 0 Å². The van der Waals surface area contributed by atoms with E-state index in [9.17, 15) is 4.79 Å². The second-order valence-corrected chi connectivity index (χ2v) is 2.30. The lowest BCUT2D eigenvalue weighted by Gasteiger charge is -1.77. The van der Waals surface area contributed by atoms with Crippen molar-refractivity contribution >= 4 is 12.0 Å². The molecule has 0 unspecified atom stereocenters. The van der Waals surface area contributed by atoms with Gasteiger partial charge in [0, 0.05) is 5.22 Å². The number of rotatable bonds is 0. The van der Waals surface area contributed by atoms with Gasteiger partial charge in [-0.1, -0.05) is 18.2 Å². The molecule has 52 valence electrons. The highest BCUT2D eigenvalue weighted by atomic mass is 16.1. The van der Waals surface area contributed by atoms with Crippen molar-refractivity contribution in [1.82, 2.24) is 0 Å². The minimum atomic E-state index is 0.381. The van der Waals surface area contributed by atoms with E-state index in [1.807, 2.05) is 24.3 Å². The maximum absolute atomic E-state index is 10.2. The quantitative estimate of drug-likeness (QED) is 0.463. The Kier molecular flexibility index (Phi) is 1.21. The Morgan fingerprint density at radius 2 is 2.09 bits per heavy atom. The topological polar surface area (TPSA) is 29.4 Å². The highest BCUT2D eigenvalue weighted by Gasteiger charge is 1.97. The van der Waals surface area contributed by atoms with Crippen molar-refractivity contribution in [2.24, 2.45) is 4.99 Å². The van der Waals surface area contributed by atoms with E-state index in [1.54, 1.807) is 12.0 Å². The van der Waals surface area contributed by atoms with Gasteiger partial charge in [0.05, 0.1) is 5.36 Å². The van der Waals surface area contributed by atoms with Crippen LogP contribution in [0.5, 0.6) is 0 Å². The van der Waals surface area contributed by atoms with Gasteiger partial charge in [0.2, 0.25) is 0 Å². The lowest BCUT2D eigenvalue weighted by molar-refractivity contribution is 0.567. The van der Waals surface area contributed by atoms with Gasteiger partial charge in [0.1, 0.15) is 5.70 Å². The molecule has 0 fully saturated rings. The molecule has 1 heterocycles. The summed E-state index contributed by atoms with van der Waals surface area (Å²) in [6.07, 6.45) is 1.72. The van der Waals surface area contributed by atoms with Crippen LogP contribution in [0.4, 0.5) is 0 Å². The molecule has 0 bridgehead atoms. The van der Waals surface area contributed by atoms with Crippen LogP contribution < -0.4 is 10.6 Å². The summed E-state index contributed by atoms with van der Waals surface area (Å²) in [5.74, 6) is 1.76. The van der Waals surface area contributed by atoms with Gasteiger partial charge >= 0.3 is 0 Å². The van der Waals surface area contributed by atoms with Gasteiger partial charge in [-0.15, -0.1) is 0 Å². The predicted molar refractivity (Wildman–Crippen MR) is 40.9 cm³/mol. The van der Waals surface area contributed by atoms with Crippen LogP contribution >= 0.6 is 0 Å². The number of hydrogen-bond acceptors (Lipinski definition) is 2. The predicted octanol–water partition coefficient (Wildman–Crippen LogP) is -0.184. The SMILES string of the molecule is O=C=C1C=c2ccccc2=N1. The first-order valence-corrected chi connectivity index (χ1v) is 3.31. The van der Waals surface area contributed by atoms with Crippen molar-refractivity contribution in [3.8, 4) is 0 Å². The maximum Gasteiger partial charge on any atom is 0.152 e. The molecule has 0 N–H and O–H groups in total. The third-order valence-corrected chi connectivity index (χ3v) is 1.57. The van der Waals surface area contributed by atoms with Gasteiger partial charge in [-0.05, 0) is 12.1 Å². The Morgan fingerprint density at radius 3 is 2.82 bits per heavy atom. The van der Waals surface area contributed by atoms with E-state index in [0.29, 0.717) is 5.70 Å². The van der Waals surface area contributed by atoms with Crippen molar-refractivity contribution in [3.63, 3.8) is 0 Å². The molecule has 0 aliphatic carbocycles. The molecule has 0 aromatic heterocycles. The third-order valence-electron chi connectivity index (χ3n) is 1.57. The summed E-state index contributed by atoms with van der Waals surface area (Å²) in [4.78, 5) is 14.2. The van der Waals surface area contributed by atoms with Crippen molar-refractivity contribution in [1.29, 1.82) is 0 Å². The zero-order valence-corrected chi connectivity index (χ0v) is 5.74. The fourth-order valence-corrected chi connectivity index (χ4v) is 1.07. The number of para-hydroxylation sites is 1. The molecule has 2 rings (SSSR count). The van der Waals surface area contributed by atoms with Crippen LogP contribution in [0.3, 0.4) is 0 Å². The standard InChI is InChI=1S/C9H5NO/c11-6-8-5-7-3-1-2-4-9(7)10-8/h1-5H. The summed E-state index contributed by atoms with van der Waals surface area (Å²) in [7, 11) is 0. The molecule has 0 spiro atoms. The Bertz CT molecular complexity index is 416. The molecule has 0 saturated heterocycles. The second kappa shape index (κ2) is 2.19. The molecule has 1 aliphatic heterocycles. The molecule has 2 heteroatoms. The molecule has 1 aromatic carbocycles. The largest absolute Gasteiger partial charge is 0.237 e. The van der Waals surface area contributed by atoms with Gasteiger partial charge in [0.15, 0.2) is 5.94 Å². The Hall–Kier alpha value is -1.66. The number of hydrogen-bond donors (Lipinski definition) is 0. The van der Waals surface area contributed by atoms with E-state index in [2.05, 4.69) is 4.99 Å². The van der Waals surface area contributed by atoms with E-state index in [1.165, 1.54) is 0 Å². The molecule has 11 heavy (non-hydrogen) atoms. The van der Waals surface area contributed by atoms with Gasteiger partial charge in [-0.3, -0.25) is 0 Å². The molecule has 2 nitrogen and oxygen atoms in total. The lowest BCUT2D eigenvalue weighted by atomic mass is 10.3. The Balaban J connectivity index is 2.91. The maximum atomic E-state index is 10.2. The molecule has 1 aromatic rings. The van der Waals surface area contributed by atoms with Crippen molar-refractivity contribution in [3.05, 3.63) is 40.5 Å². The fraction of sp³-hybridized carbons (Fsp3) is 0. The smallest absolute Gasteiger partial charge is 0.152 e. The van der Waals surface area contributed by atoms with Crippen LogP contribution in [0.2, 0.25) is 0 Å².